The Morgan fingerprint density at radius 2 is 1.83 bits per heavy atom. The van der Waals surface area contributed by atoms with Crippen molar-refractivity contribution in [3.8, 4) is 0 Å². The average Bonchev–Trinajstić information content (AvgIpc) is 3.01. The average molecular weight is 401 g/mol. The third-order valence-electron chi connectivity index (χ3n) is 9.26. The molecule has 0 aromatic heterocycles. The third-order valence-corrected chi connectivity index (χ3v) is 9.26. The molecule has 0 aromatic rings. The largest absolute Gasteiger partial charge is 0.393 e. The van der Waals surface area contributed by atoms with Gasteiger partial charge >= 0.3 is 0 Å². The van der Waals surface area contributed by atoms with Gasteiger partial charge in [-0.2, -0.15) is 0 Å². The normalized spacial score (nSPS) is 41.9. The zero-order chi connectivity index (χ0) is 21.2. The van der Waals surface area contributed by atoms with Crippen molar-refractivity contribution < 1.29 is 5.11 Å². The summed E-state index contributed by atoms with van der Waals surface area (Å²) in [5, 5.41) is 10.4. The molecule has 3 fully saturated rings. The van der Waals surface area contributed by atoms with E-state index >= 15 is 0 Å². The fourth-order valence-electron chi connectivity index (χ4n) is 7.14. The van der Waals surface area contributed by atoms with Gasteiger partial charge in [0.25, 0.3) is 0 Å². The van der Waals surface area contributed by atoms with E-state index in [1.54, 1.807) is 5.57 Å². The molecule has 1 N–H and O–H groups in total. The van der Waals surface area contributed by atoms with Crippen molar-refractivity contribution in [2.24, 2.45) is 40.9 Å². The Morgan fingerprint density at radius 3 is 2.52 bits per heavy atom. The summed E-state index contributed by atoms with van der Waals surface area (Å²) in [5.74, 6) is 4.46. The summed E-state index contributed by atoms with van der Waals surface area (Å²) in [4.78, 5) is 0. The fraction of sp³-hybridized carbons (Fsp3) is 0.857. The number of hydrogen-bond donors (Lipinski definition) is 1. The van der Waals surface area contributed by atoms with Gasteiger partial charge in [0.05, 0.1) is 6.10 Å². The van der Waals surface area contributed by atoms with Gasteiger partial charge in [0.1, 0.15) is 0 Å². The molecule has 7 atom stereocenters. The molecule has 1 nitrogen and oxygen atoms in total. The molecule has 0 bridgehead atoms. The van der Waals surface area contributed by atoms with Crippen LogP contribution in [0.3, 0.4) is 0 Å². The van der Waals surface area contributed by atoms with Gasteiger partial charge in [-0.25, -0.2) is 0 Å². The van der Waals surface area contributed by atoms with Crippen molar-refractivity contribution in [2.45, 2.75) is 112 Å². The van der Waals surface area contributed by atoms with Gasteiger partial charge in [0.15, 0.2) is 0 Å². The van der Waals surface area contributed by atoms with E-state index in [2.05, 4.69) is 53.7 Å². The van der Waals surface area contributed by atoms with Crippen LogP contribution >= 0.6 is 0 Å². The summed E-state index contributed by atoms with van der Waals surface area (Å²) in [6.45, 7) is 14.4. The molecule has 0 spiro atoms. The Hall–Kier alpha value is -0.560. The van der Waals surface area contributed by atoms with Crippen LogP contribution in [-0.4, -0.2) is 11.2 Å². The lowest BCUT2D eigenvalue weighted by Gasteiger charge is -2.44. The van der Waals surface area contributed by atoms with Gasteiger partial charge in [0.2, 0.25) is 0 Å². The van der Waals surface area contributed by atoms with Crippen molar-refractivity contribution in [1.29, 1.82) is 0 Å². The molecule has 3 aliphatic carbocycles. The molecular formula is C28H48O. The number of hydrogen-bond acceptors (Lipinski definition) is 1. The van der Waals surface area contributed by atoms with Gasteiger partial charge < -0.3 is 5.11 Å². The zero-order valence-corrected chi connectivity index (χ0v) is 20.2. The molecule has 0 radical (unpaired) electrons. The minimum atomic E-state index is -0.150. The third kappa shape index (κ3) is 5.20. The van der Waals surface area contributed by atoms with Gasteiger partial charge in [0, 0.05) is 0 Å². The van der Waals surface area contributed by atoms with Crippen LogP contribution in [-0.2, 0) is 0 Å². The molecule has 3 aliphatic rings. The smallest absolute Gasteiger partial charge is 0.0605 e. The molecule has 166 valence electrons. The number of aliphatic hydroxyl groups excluding tert-OH is 1. The summed E-state index contributed by atoms with van der Waals surface area (Å²) < 4.78 is 0. The number of aliphatic hydroxyl groups is 1. The van der Waals surface area contributed by atoms with Gasteiger partial charge in [-0.3, -0.25) is 0 Å². The van der Waals surface area contributed by atoms with E-state index in [1.165, 1.54) is 63.4 Å². The van der Waals surface area contributed by atoms with E-state index in [0.29, 0.717) is 17.3 Å². The van der Waals surface area contributed by atoms with Crippen molar-refractivity contribution in [1.82, 2.24) is 0 Å². The fourth-order valence-corrected chi connectivity index (χ4v) is 7.14. The molecular weight excluding hydrogens is 352 g/mol. The Labute approximate surface area is 181 Å². The molecule has 0 amide bonds. The quantitative estimate of drug-likeness (QED) is 0.479. The lowest BCUT2D eigenvalue weighted by atomic mass is 9.60. The van der Waals surface area contributed by atoms with Crippen LogP contribution in [0.15, 0.2) is 23.3 Å². The molecule has 0 aliphatic heterocycles. The first-order chi connectivity index (χ1) is 13.7. The van der Waals surface area contributed by atoms with Crippen LogP contribution < -0.4 is 0 Å². The number of allylic oxidation sites excluding steroid dienone is 3. The van der Waals surface area contributed by atoms with Crippen molar-refractivity contribution >= 4 is 0 Å². The van der Waals surface area contributed by atoms with Crippen molar-refractivity contribution in [3.63, 3.8) is 0 Å². The number of rotatable bonds is 6. The SMILES string of the molecule is CC(C)CCC[C@@H](C)C1CCC2/C(=C/C=C3/C[C@@H](C)[C@H](C)[C@H](O)C3)CCC[C@@]21C. The second kappa shape index (κ2) is 9.71. The second-order valence-corrected chi connectivity index (χ2v) is 11.8. The predicted octanol–water partition coefficient (Wildman–Crippen LogP) is 7.94. The predicted molar refractivity (Wildman–Crippen MR) is 126 cm³/mol. The Kier molecular flexibility index (Phi) is 7.74. The lowest BCUT2D eigenvalue weighted by molar-refractivity contribution is 0.0690. The lowest BCUT2D eigenvalue weighted by Crippen LogP contribution is -2.36. The van der Waals surface area contributed by atoms with Crippen LogP contribution in [0.4, 0.5) is 0 Å². The highest BCUT2D eigenvalue weighted by molar-refractivity contribution is 5.26. The zero-order valence-electron chi connectivity index (χ0n) is 20.2. The molecule has 2 unspecified atom stereocenters. The Bertz CT molecular complexity index is 585. The summed E-state index contributed by atoms with van der Waals surface area (Å²) in [6, 6.07) is 0. The summed E-state index contributed by atoms with van der Waals surface area (Å²) in [7, 11) is 0. The maximum Gasteiger partial charge on any atom is 0.0605 e. The Balaban J connectivity index is 1.68. The second-order valence-electron chi connectivity index (χ2n) is 11.8. The van der Waals surface area contributed by atoms with E-state index < -0.39 is 0 Å². The highest BCUT2D eigenvalue weighted by Gasteiger charge is 2.50. The summed E-state index contributed by atoms with van der Waals surface area (Å²) in [6.07, 6.45) is 18.0. The molecule has 3 rings (SSSR count). The molecule has 0 aromatic carbocycles. The molecule has 3 saturated carbocycles. The van der Waals surface area contributed by atoms with E-state index in [-0.39, 0.29) is 6.10 Å². The monoisotopic (exact) mass is 400 g/mol. The van der Waals surface area contributed by atoms with E-state index in [9.17, 15) is 5.11 Å². The maximum atomic E-state index is 10.4. The van der Waals surface area contributed by atoms with Gasteiger partial charge in [-0.15, -0.1) is 0 Å². The summed E-state index contributed by atoms with van der Waals surface area (Å²) in [5.41, 5.74) is 3.72. The minimum Gasteiger partial charge on any atom is -0.393 e. The van der Waals surface area contributed by atoms with Crippen LogP contribution in [0, 0.1) is 40.9 Å². The standard InChI is InChI=1S/C28H48O/c1-19(2)9-7-10-20(3)25-14-15-26-24(11-8-16-28(25,26)6)13-12-23-17-21(4)22(5)27(29)18-23/h12-13,19-22,25-27,29H,7-11,14-18H2,1-6H3/b23-12-,24-13+/t20-,21-,22+,25?,26?,27-,28-/m1/s1. The van der Waals surface area contributed by atoms with E-state index in [1.807, 2.05) is 0 Å². The molecule has 1 heteroatoms. The molecule has 0 saturated heterocycles. The van der Waals surface area contributed by atoms with Crippen LogP contribution in [0.2, 0.25) is 0 Å². The first-order valence-electron chi connectivity index (χ1n) is 12.8. The van der Waals surface area contributed by atoms with Gasteiger partial charge in [-0.05, 0) is 85.9 Å². The van der Waals surface area contributed by atoms with Crippen molar-refractivity contribution in [3.05, 3.63) is 23.3 Å². The highest BCUT2D eigenvalue weighted by Crippen LogP contribution is 2.60. The van der Waals surface area contributed by atoms with Crippen molar-refractivity contribution in [2.75, 3.05) is 0 Å². The summed E-state index contributed by atoms with van der Waals surface area (Å²) >= 11 is 0. The van der Waals surface area contributed by atoms with E-state index in [4.69, 9.17) is 0 Å². The van der Waals surface area contributed by atoms with Gasteiger partial charge in [-0.1, -0.05) is 84.1 Å². The topological polar surface area (TPSA) is 20.2 Å². The van der Waals surface area contributed by atoms with Crippen LogP contribution in [0.5, 0.6) is 0 Å². The van der Waals surface area contributed by atoms with Crippen LogP contribution in [0.25, 0.3) is 0 Å². The first kappa shape index (κ1) is 23.1. The molecule has 0 heterocycles. The Morgan fingerprint density at radius 1 is 1.07 bits per heavy atom. The first-order valence-corrected chi connectivity index (χ1v) is 12.8. The minimum absolute atomic E-state index is 0.150. The van der Waals surface area contributed by atoms with E-state index in [0.717, 1.165) is 30.1 Å². The highest BCUT2D eigenvalue weighted by atomic mass is 16.3. The number of fused-ring (bicyclic) bond motifs is 1. The molecule has 29 heavy (non-hydrogen) atoms. The van der Waals surface area contributed by atoms with Crippen LogP contribution in [0.1, 0.15) is 106 Å². The maximum absolute atomic E-state index is 10.4.